The third-order valence-corrected chi connectivity index (χ3v) is 4.56. The minimum absolute atomic E-state index is 0.0342. The van der Waals surface area contributed by atoms with E-state index in [-0.39, 0.29) is 5.56 Å². The van der Waals surface area contributed by atoms with Gasteiger partial charge < -0.3 is 0 Å². The molecule has 4 rings (SSSR count). The Bertz CT molecular complexity index is 1110. The molecule has 0 saturated carbocycles. The van der Waals surface area contributed by atoms with Gasteiger partial charge in [-0.1, -0.05) is 84.9 Å². The van der Waals surface area contributed by atoms with Gasteiger partial charge in [-0.3, -0.25) is 9.48 Å². The van der Waals surface area contributed by atoms with Crippen LogP contribution in [0, 0.1) is 0 Å². The summed E-state index contributed by atoms with van der Waals surface area (Å²) in [5, 5.41) is 0. The average Bonchev–Trinajstić information content (AvgIpc) is 3.02. The Morgan fingerprint density at radius 3 is 1.81 bits per heavy atom. The van der Waals surface area contributed by atoms with Gasteiger partial charge in [0.1, 0.15) is 0 Å². The van der Waals surface area contributed by atoms with Crippen molar-refractivity contribution in [2.45, 2.75) is 6.54 Å². The SMILES string of the molecule is C=CCn1c(-c2ccccc2)c(-c2ccccc2)c(=O)n1-c1ccccc1. The molecule has 3 nitrogen and oxygen atoms in total. The van der Waals surface area contributed by atoms with E-state index in [1.165, 1.54) is 0 Å². The zero-order valence-electron chi connectivity index (χ0n) is 15.0. The highest BCUT2D eigenvalue weighted by Crippen LogP contribution is 2.31. The van der Waals surface area contributed by atoms with Crippen LogP contribution in [-0.4, -0.2) is 9.36 Å². The van der Waals surface area contributed by atoms with Gasteiger partial charge in [0, 0.05) is 5.56 Å². The van der Waals surface area contributed by atoms with E-state index in [1.54, 1.807) is 4.68 Å². The topological polar surface area (TPSA) is 26.9 Å². The molecule has 3 heteroatoms. The summed E-state index contributed by atoms with van der Waals surface area (Å²) in [5.41, 5.74) is 4.32. The molecule has 0 atom stereocenters. The molecule has 0 radical (unpaired) electrons. The molecule has 3 aromatic carbocycles. The van der Waals surface area contributed by atoms with Crippen LogP contribution >= 0.6 is 0 Å². The Morgan fingerprint density at radius 2 is 1.26 bits per heavy atom. The second kappa shape index (κ2) is 7.34. The Labute approximate surface area is 158 Å². The predicted molar refractivity (Wildman–Crippen MR) is 111 cm³/mol. The molecule has 0 spiro atoms. The van der Waals surface area contributed by atoms with Gasteiger partial charge in [0.05, 0.1) is 23.5 Å². The van der Waals surface area contributed by atoms with Crippen LogP contribution in [0.1, 0.15) is 0 Å². The summed E-state index contributed by atoms with van der Waals surface area (Å²) in [5.74, 6) is 0. The Hall–Kier alpha value is -3.59. The fourth-order valence-corrected chi connectivity index (χ4v) is 3.42. The first-order valence-corrected chi connectivity index (χ1v) is 8.94. The fourth-order valence-electron chi connectivity index (χ4n) is 3.42. The van der Waals surface area contributed by atoms with E-state index in [2.05, 4.69) is 6.58 Å². The molecule has 132 valence electrons. The van der Waals surface area contributed by atoms with Crippen molar-refractivity contribution in [1.29, 1.82) is 0 Å². The molecule has 0 saturated heterocycles. The summed E-state index contributed by atoms with van der Waals surface area (Å²) in [7, 11) is 0. The molecular formula is C24H20N2O. The first-order chi connectivity index (χ1) is 13.3. The second-order valence-electron chi connectivity index (χ2n) is 6.28. The van der Waals surface area contributed by atoms with Crippen LogP contribution in [-0.2, 0) is 6.54 Å². The molecule has 0 fully saturated rings. The molecule has 0 amide bonds. The van der Waals surface area contributed by atoms with Crippen LogP contribution in [0.15, 0.2) is 108 Å². The quantitative estimate of drug-likeness (QED) is 0.456. The predicted octanol–water partition coefficient (Wildman–Crippen LogP) is 5.16. The molecule has 0 N–H and O–H groups in total. The van der Waals surface area contributed by atoms with Gasteiger partial charge in [-0.15, -0.1) is 6.58 Å². The normalized spacial score (nSPS) is 10.7. The van der Waals surface area contributed by atoms with E-state index in [1.807, 2.05) is 102 Å². The van der Waals surface area contributed by atoms with Crippen LogP contribution in [0.3, 0.4) is 0 Å². The summed E-state index contributed by atoms with van der Waals surface area (Å²) >= 11 is 0. The molecular weight excluding hydrogens is 332 g/mol. The third kappa shape index (κ3) is 3.04. The van der Waals surface area contributed by atoms with Gasteiger partial charge in [0.15, 0.2) is 0 Å². The van der Waals surface area contributed by atoms with Crippen LogP contribution in [0.4, 0.5) is 0 Å². The lowest BCUT2D eigenvalue weighted by molar-refractivity contribution is 0.609. The molecule has 0 aliphatic heterocycles. The Kier molecular flexibility index (Phi) is 4.58. The summed E-state index contributed by atoms with van der Waals surface area (Å²) in [6.07, 6.45) is 1.82. The van der Waals surface area contributed by atoms with Crippen molar-refractivity contribution < 1.29 is 0 Å². The second-order valence-corrected chi connectivity index (χ2v) is 6.28. The number of hydrogen-bond acceptors (Lipinski definition) is 1. The van der Waals surface area contributed by atoms with Crippen LogP contribution in [0.25, 0.3) is 28.1 Å². The molecule has 0 aliphatic carbocycles. The number of benzene rings is 3. The fraction of sp³-hybridized carbons (Fsp3) is 0.0417. The van der Waals surface area contributed by atoms with Crippen molar-refractivity contribution >= 4 is 0 Å². The zero-order valence-corrected chi connectivity index (χ0v) is 15.0. The Morgan fingerprint density at radius 1 is 0.741 bits per heavy atom. The molecule has 4 aromatic rings. The highest BCUT2D eigenvalue weighted by Gasteiger charge is 2.22. The van der Waals surface area contributed by atoms with Gasteiger partial charge >= 0.3 is 0 Å². The summed E-state index contributed by atoms with van der Waals surface area (Å²) < 4.78 is 3.74. The lowest BCUT2D eigenvalue weighted by Gasteiger charge is -2.14. The van der Waals surface area contributed by atoms with Crippen molar-refractivity contribution in [2.24, 2.45) is 0 Å². The highest BCUT2D eigenvalue weighted by molar-refractivity contribution is 5.81. The number of nitrogens with zero attached hydrogens (tertiary/aromatic N) is 2. The van der Waals surface area contributed by atoms with Gasteiger partial charge in [-0.2, -0.15) is 0 Å². The smallest absolute Gasteiger partial charge is 0.273 e. The minimum atomic E-state index is -0.0342. The standard InChI is InChI=1S/C24H20N2O/c1-2-18-25-23(20-14-8-4-9-15-20)22(19-12-6-3-7-13-19)24(27)26(25)21-16-10-5-11-17-21/h2-17H,1,18H2. The van der Waals surface area contributed by atoms with E-state index in [4.69, 9.17) is 0 Å². The van der Waals surface area contributed by atoms with E-state index >= 15 is 0 Å². The van der Waals surface area contributed by atoms with Crippen molar-refractivity contribution in [2.75, 3.05) is 0 Å². The van der Waals surface area contributed by atoms with Crippen LogP contribution in [0.2, 0.25) is 0 Å². The molecule has 1 heterocycles. The van der Waals surface area contributed by atoms with Crippen molar-refractivity contribution in [3.05, 3.63) is 114 Å². The number of hydrogen-bond donors (Lipinski definition) is 0. The molecule has 1 aromatic heterocycles. The number of para-hydroxylation sites is 1. The van der Waals surface area contributed by atoms with Crippen molar-refractivity contribution in [3.63, 3.8) is 0 Å². The lowest BCUT2D eigenvalue weighted by Crippen LogP contribution is -2.21. The van der Waals surface area contributed by atoms with Crippen LogP contribution < -0.4 is 5.56 Å². The molecule has 27 heavy (non-hydrogen) atoms. The molecule has 0 aliphatic rings. The zero-order chi connectivity index (χ0) is 18.6. The number of allylic oxidation sites excluding steroid dienone is 1. The number of rotatable bonds is 5. The average molecular weight is 352 g/mol. The van der Waals surface area contributed by atoms with Gasteiger partial charge in [-0.25, -0.2) is 4.68 Å². The maximum absolute atomic E-state index is 13.6. The lowest BCUT2D eigenvalue weighted by atomic mass is 10.0. The van der Waals surface area contributed by atoms with E-state index in [0.29, 0.717) is 12.1 Å². The van der Waals surface area contributed by atoms with E-state index in [0.717, 1.165) is 22.5 Å². The first kappa shape index (κ1) is 16.9. The van der Waals surface area contributed by atoms with E-state index < -0.39 is 0 Å². The minimum Gasteiger partial charge on any atom is -0.273 e. The summed E-state index contributed by atoms with van der Waals surface area (Å²) in [4.78, 5) is 13.6. The van der Waals surface area contributed by atoms with E-state index in [9.17, 15) is 4.79 Å². The van der Waals surface area contributed by atoms with Gasteiger partial charge in [0.25, 0.3) is 5.56 Å². The maximum Gasteiger partial charge on any atom is 0.279 e. The van der Waals surface area contributed by atoms with Crippen molar-refractivity contribution in [1.82, 2.24) is 9.36 Å². The maximum atomic E-state index is 13.6. The Balaban J connectivity index is 2.12. The monoisotopic (exact) mass is 352 g/mol. The molecule has 0 bridgehead atoms. The van der Waals surface area contributed by atoms with Gasteiger partial charge in [-0.05, 0) is 17.7 Å². The van der Waals surface area contributed by atoms with Crippen LogP contribution in [0.5, 0.6) is 0 Å². The van der Waals surface area contributed by atoms with Gasteiger partial charge in [0.2, 0.25) is 0 Å². The molecule has 0 unspecified atom stereocenters. The summed E-state index contributed by atoms with van der Waals surface area (Å²) in [6, 6.07) is 29.6. The van der Waals surface area contributed by atoms with Crippen molar-refractivity contribution in [3.8, 4) is 28.1 Å². The number of aromatic nitrogens is 2. The highest BCUT2D eigenvalue weighted by atomic mass is 16.1. The largest absolute Gasteiger partial charge is 0.279 e. The first-order valence-electron chi connectivity index (χ1n) is 8.94. The summed E-state index contributed by atoms with van der Waals surface area (Å²) in [6.45, 7) is 4.43. The third-order valence-electron chi connectivity index (χ3n) is 4.56.